The number of carbonyl (C=O) groups excluding carboxylic acids is 1. The lowest BCUT2D eigenvalue weighted by molar-refractivity contribution is 0.0264. The number of fused-ring (bicyclic) bond motifs is 8. The number of hydrogen-bond acceptors (Lipinski definition) is 17. The number of carbonyl (C=O) groups is 1. The Morgan fingerprint density at radius 1 is 0.797 bits per heavy atom. The molecule has 0 radical (unpaired) electrons. The van der Waals surface area contributed by atoms with E-state index in [1.165, 1.54) is 5.56 Å². The Morgan fingerprint density at radius 3 is 2.20 bits per heavy atom. The first-order valence-electron chi connectivity index (χ1n) is 25.2. The molecule has 5 aromatic carbocycles. The van der Waals surface area contributed by atoms with Gasteiger partial charge in [-0.1, -0.05) is 58.0 Å². The van der Waals surface area contributed by atoms with Crippen molar-refractivity contribution >= 4 is 62.1 Å². The minimum atomic E-state index is -0.938. The van der Waals surface area contributed by atoms with Crippen LogP contribution in [-0.2, 0) is 45.1 Å². The van der Waals surface area contributed by atoms with Crippen molar-refractivity contribution < 1.29 is 47.9 Å². The van der Waals surface area contributed by atoms with E-state index in [-0.39, 0.29) is 36.0 Å². The zero-order valence-electron chi connectivity index (χ0n) is 42.9. The number of nitrogens with two attached hydrogens (primary N) is 1. The summed E-state index contributed by atoms with van der Waals surface area (Å²) >= 11 is 0. The molecular formula is C56H68N6O10S2. The zero-order valence-corrected chi connectivity index (χ0v) is 44.5. The van der Waals surface area contributed by atoms with Crippen LogP contribution in [0.25, 0.3) is 0 Å². The number of aliphatic hydroxyl groups is 1. The molecule has 4 N–H and O–H groups in total. The second-order valence-corrected chi connectivity index (χ2v) is 22.3. The van der Waals surface area contributed by atoms with Gasteiger partial charge < -0.3 is 63.1 Å². The maximum atomic E-state index is 14.2. The molecule has 3 atom stereocenters. The first-order valence-corrected chi connectivity index (χ1v) is 27.5. The molecule has 4 heterocycles. The molecular weight excluding hydrogens is 981 g/mol. The average molecular weight is 1050 g/mol. The average Bonchev–Trinajstić information content (AvgIpc) is 3.90. The van der Waals surface area contributed by atoms with Gasteiger partial charge in [-0.2, -0.15) is 0 Å². The summed E-state index contributed by atoms with van der Waals surface area (Å²) in [4.78, 5) is 30.2. The van der Waals surface area contributed by atoms with Crippen molar-refractivity contribution in [2.24, 2.45) is 10.9 Å². The Bertz CT molecular complexity index is 2760. The topological polar surface area (TPSA) is 171 Å². The predicted octanol–water partition coefficient (Wildman–Crippen LogP) is 8.92. The first-order chi connectivity index (χ1) is 36.1. The van der Waals surface area contributed by atoms with Crippen molar-refractivity contribution in [3.8, 4) is 23.0 Å². The molecule has 16 nitrogen and oxygen atoms in total. The number of methoxy groups -OCH3 is 3. The van der Waals surface area contributed by atoms with E-state index < -0.39 is 6.23 Å². The summed E-state index contributed by atoms with van der Waals surface area (Å²) in [5.41, 5.74) is 9.49. The van der Waals surface area contributed by atoms with Gasteiger partial charge in [0.15, 0.2) is 29.2 Å². The molecule has 9 rings (SSSR count). The van der Waals surface area contributed by atoms with Gasteiger partial charge in [0.1, 0.15) is 13.2 Å². The lowest BCUT2D eigenvalue weighted by Crippen LogP contribution is -2.39. The normalized spacial score (nSPS) is 17.3. The second kappa shape index (κ2) is 24.8. The van der Waals surface area contributed by atoms with Crippen molar-refractivity contribution in [2.45, 2.75) is 69.4 Å². The van der Waals surface area contributed by atoms with E-state index >= 15 is 0 Å². The van der Waals surface area contributed by atoms with Crippen LogP contribution in [0.3, 0.4) is 0 Å². The number of aliphatic hydroxyl groups excluding tert-OH is 1. The summed E-state index contributed by atoms with van der Waals surface area (Å²) < 4.78 is 42.0. The van der Waals surface area contributed by atoms with Gasteiger partial charge in [0.2, 0.25) is 0 Å². The monoisotopic (exact) mass is 1050 g/mol. The van der Waals surface area contributed by atoms with Crippen LogP contribution in [-0.4, -0.2) is 120 Å². The Labute approximate surface area is 442 Å². The molecule has 18 heteroatoms. The fourth-order valence-electron chi connectivity index (χ4n) is 10.0. The molecule has 0 saturated carbocycles. The van der Waals surface area contributed by atoms with Crippen molar-refractivity contribution in [1.29, 1.82) is 0 Å². The number of rotatable bonds is 26. The number of amides is 1. The van der Waals surface area contributed by atoms with Gasteiger partial charge >= 0.3 is 0 Å². The third kappa shape index (κ3) is 12.3. The maximum Gasteiger partial charge on any atom is 0.260 e. The summed E-state index contributed by atoms with van der Waals surface area (Å²) in [5.74, 6) is 8.07. The highest BCUT2D eigenvalue weighted by molar-refractivity contribution is 8.77. The highest BCUT2D eigenvalue weighted by Crippen LogP contribution is 2.46. The van der Waals surface area contributed by atoms with Crippen LogP contribution in [0.4, 0.5) is 28.4 Å². The van der Waals surface area contributed by atoms with Crippen molar-refractivity contribution in [3.05, 3.63) is 124 Å². The summed E-state index contributed by atoms with van der Waals surface area (Å²) in [6, 6.07) is 29.9. The molecule has 74 heavy (non-hydrogen) atoms. The standard InChI is InChI=1S/C56H68N6O10S2/c1-56(2,74-73-22-10-16-72-57)36-60(15-17-68-20-21-69-19-18-65-3)41-24-37(34-70-52-30-46-44(28-50(52)66-4)54(63)61-42(32-58-46)26-39-11-6-8-13-48(39)61)23-38(25-41)35-71-53-31-47-45(29-51(53)67-5)55(64)62-43(33-59-47)27-40-12-7-9-14-49(40)62/h6-9,11-14,23-25,28-32,42-43,54,59,63H,10,15-22,26-27,33-36,57H2,1-5H3/t42-,43-,54?/m0/s1. The lowest BCUT2D eigenvalue weighted by Gasteiger charge is -2.34. The number of ether oxygens (including phenoxy) is 7. The van der Waals surface area contributed by atoms with Crippen molar-refractivity contribution in [1.82, 2.24) is 0 Å². The van der Waals surface area contributed by atoms with E-state index in [1.807, 2.05) is 81.4 Å². The Morgan fingerprint density at radius 2 is 1.47 bits per heavy atom. The molecule has 4 aliphatic heterocycles. The SMILES string of the molecule is COCCOCCOCCN(CC(C)(C)SSCCCON)c1cc(COc2cc3c(cc2OC)C(O)N2c4ccccc4C[C@H]2C=N3)cc(COc2cc3c(cc2OC)C(=O)N2c4ccccc4C[C@H]2CN3)c1. The van der Waals surface area contributed by atoms with Crippen LogP contribution in [0.5, 0.6) is 23.0 Å². The number of nitrogens with zero attached hydrogens (tertiary/aromatic N) is 4. The Hall–Kier alpha value is -5.70. The second-order valence-electron chi connectivity index (χ2n) is 19.2. The summed E-state index contributed by atoms with van der Waals surface area (Å²) in [6.07, 6.45) is 3.36. The maximum absolute atomic E-state index is 14.2. The smallest absolute Gasteiger partial charge is 0.260 e. The first kappa shape index (κ1) is 53.1. The molecule has 1 amide bonds. The van der Waals surface area contributed by atoms with Crippen LogP contribution < -0.4 is 44.9 Å². The van der Waals surface area contributed by atoms with Gasteiger partial charge in [0.25, 0.3) is 5.91 Å². The third-order valence-corrected chi connectivity index (χ3v) is 16.9. The van der Waals surface area contributed by atoms with Crippen LogP contribution in [0.2, 0.25) is 0 Å². The Balaban J connectivity index is 1.00. The summed E-state index contributed by atoms with van der Waals surface area (Å²) in [7, 11) is 8.49. The van der Waals surface area contributed by atoms with Gasteiger partial charge in [-0.15, -0.1) is 0 Å². The molecule has 0 aromatic heterocycles. The molecule has 1 unspecified atom stereocenters. The number of para-hydroxylation sites is 2. The Kier molecular flexibility index (Phi) is 17.8. The van der Waals surface area contributed by atoms with E-state index in [1.54, 1.807) is 38.2 Å². The van der Waals surface area contributed by atoms with Crippen LogP contribution in [0, 0.1) is 0 Å². The van der Waals surface area contributed by atoms with Crippen LogP contribution >= 0.6 is 21.6 Å². The fourth-order valence-corrected chi connectivity index (χ4v) is 12.6. The summed E-state index contributed by atoms with van der Waals surface area (Å²) in [5, 5.41) is 15.4. The van der Waals surface area contributed by atoms with E-state index in [9.17, 15) is 9.90 Å². The molecule has 0 bridgehead atoms. The molecule has 5 aromatic rings. The van der Waals surface area contributed by atoms with Crippen LogP contribution in [0.1, 0.15) is 64.7 Å². The predicted molar refractivity (Wildman–Crippen MR) is 294 cm³/mol. The van der Waals surface area contributed by atoms with Crippen LogP contribution in [0.15, 0.2) is 96.0 Å². The quantitative estimate of drug-likeness (QED) is 0.0272. The van der Waals surface area contributed by atoms with E-state index in [2.05, 4.69) is 54.4 Å². The molecule has 0 aliphatic carbocycles. The fraction of sp³-hybridized carbons (Fsp3) is 0.429. The third-order valence-electron chi connectivity index (χ3n) is 13.5. The molecule has 0 saturated heterocycles. The highest BCUT2D eigenvalue weighted by atomic mass is 33.1. The molecule has 0 spiro atoms. The van der Waals surface area contributed by atoms with Gasteiger partial charge in [0, 0.05) is 84.6 Å². The zero-order chi connectivity index (χ0) is 51.6. The molecule has 394 valence electrons. The van der Waals surface area contributed by atoms with E-state index in [0.29, 0.717) is 105 Å². The van der Waals surface area contributed by atoms with E-state index in [4.69, 9.17) is 48.9 Å². The number of nitrogens with one attached hydrogen (secondary N) is 1. The van der Waals surface area contributed by atoms with Gasteiger partial charge in [-0.3, -0.25) is 9.79 Å². The molecule has 0 fully saturated rings. The molecule has 4 aliphatic rings. The van der Waals surface area contributed by atoms with Gasteiger partial charge in [-0.05, 0) is 91.4 Å². The largest absolute Gasteiger partial charge is 0.493 e. The number of hydrogen-bond donors (Lipinski definition) is 3. The minimum Gasteiger partial charge on any atom is -0.493 e. The van der Waals surface area contributed by atoms with E-state index in [0.717, 1.165) is 58.8 Å². The number of benzene rings is 5. The minimum absolute atomic E-state index is 0.0117. The number of anilines is 4. The highest BCUT2D eigenvalue weighted by Gasteiger charge is 2.39. The van der Waals surface area contributed by atoms with Crippen molar-refractivity contribution in [3.63, 3.8) is 0 Å². The van der Waals surface area contributed by atoms with Crippen molar-refractivity contribution in [2.75, 3.05) is 106 Å². The van der Waals surface area contributed by atoms with Gasteiger partial charge in [0.05, 0.1) is 82.9 Å². The number of aliphatic imine (C=N–C) groups is 1. The van der Waals surface area contributed by atoms with Gasteiger partial charge in [-0.25, -0.2) is 5.90 Å². The summed E-state index contributed by atoms with van der Waals surface area (Å²) in [6.45, 7) is 9.67. The lowest BCUT2D eigenvalue weighted by atomic mass is 10.1.